The lowest BCUT2D eigenvalue weighted by atomic mass is 9.82. The summed E-state index contributed by atoms with van der Waals surface area (Å²) >= 11 is 3.81. The number of alkyl halides is 1. The molecule has 0 spiro atoms. The highest BCUT2D eigenvalue weighted by molar-refractivity contribution is 9.09. The van der Waals surface area contributed by atoms with Crippen LogP contribution < -0.4 is 0 Å². The van der Waals surface area contributed by atoms with Crippen molar-refractivity contribution in [3.8, 4) is 0 Å². The number of rotatable bonds is 3. The highest BCUT2D eigenvalue weighted by Gasteiger charge is 2.23. The third kappa shape index (κ3) is 3.08. The summed E-state index contributed by atoms with van der Waals surface area (Å²) in [7, 11) is 0. The molecule has 3 unspecified atom stereocenters. The van der Waals surface area contributed by atoms with Gasteiger partial charge in [-0.25, -0.2) is 0 Å². The predicted molar refractivity (Wildman–Crippen MR) is 58.7 cm³/mol. The van der Waals surface area contributed by atoms with Gasteiger partial charge in [-0.1, -0.05) is 49.0 Å². The van der Waals surface area contributed by atoms with Crippen LogP contribution in [0.25, 0.3) is 0 Å². The molecule has 1 aliphatic carbocycles. The predicted octanol–water partition coefficient (Wildman–Crippen LogP) is 4.38. The molecule has 0 aromatic heterocycles. The maximum Gasteiger partial charge on any atom is 0.0174 e. The fourth-order valence-electron chi connectivity index (χ4n) is 2.11. The van der Waals surface area contributed by atoms with E-state index < -0.39 is 0 Å². The van der Waals surface area contributed by atoms with Gasteiger partial charge in [0, 0.05) is 4.83 Å². The van der Waals surface area contributed by atoms with Gasteiger partial charge in [0.2, 0.25) is 0 Å². The van der Waals surface area contributed by atoms with Crippen LogP contribution in [0.2, 0.25) is 0 Å². The van der Waals surface area contributed by atoms with E-state index in [1.807, 2.05) is 0 Å². The zero-order valence-electron chi connectivity index (χ0n) is 8.35. The molecule has 0 saturated heterocycles. The monoisotopic (exact) mass is 232 g/mol. The topological polar surface area (TPSA) is 0 Å². The number of halogens is 1. The van der Waals surface area contributed by atoms with Crippen LogP contribution in [-0.2, 0) is 0 Å². The van der Waals surface area contributed by atoms with Gasteiger partial charge in [0.15, 0.2) is 0 Å². The Bertz CT molecular complexity index is 122. The van der Waals surface area contributed by atoms with Crippen molar-refractivity contribution >= 4 is 15.9 Å². The van der Waals surface area contributed by atoms with Crippen LogP contribution in [0.4, 0.5) is 0 Å². The van der Waals surface area contributed by atoms with E-state index >= 15 is 0 Å². The van der Waals surface area contributed by atoms with Gasteiger partial charge < -0.3 is 0 Å². The minimum atomic E-state index is 0.820. The molecule has 0 nitrogen and oxygen atoms in total. The lowest BCUT2D eigenvalue weighted by Gasteiger charge is -2.29. The van der Waals surface area contributed by atoms with Crippen LogP contribution in [0.3, 0.4) is 0 Å². The first-order valence-corrected chi connectivity index (χ1v) is 6.29. The molecule has 12 heavy (non-hydrogen) atoms. The molecule has 3 atom stereocenters. The molecular weight excluding hydrogens is 212 g/mol. The SMILES string of the molecule is CCC(C)CC1CCCCC1Br. The molecule has 0 heterocycles. The molecule has 1 aliphatic rings. The minimum Gasteiger partial charge on any atom is -0.0888 e. The van der Waals surface area contributed by atoms with Crippen molar-refractivity contribution in [1.29, 1.82) is 0 Å². The van der Waals surface area contributed by atoms with Crippen molar-refractivity contribution in [3.63, 3.8) is 0 Å². The summed E-state index contributed by atoms with van der Waals surface area (Å²) in [5.74, 6) is 1.89. The molecule has 72 valence electrons. The van der Waals surface area contributed by atoms with E-state index in [4.69, 9.17) is 0 Å². The Morgan fingerprint density at radius 3 is 2.58 bits per heavy atom. The first-order chi connectivity index (χ1) is 5.74. The third-order valence-electron chi connectivity index (χ3n) is 3.22. The number of hydrogen-bond donors (Lipinski definition) is 0. The lowest BCUT2D eigenvalue weighted by molar-refractivity contribution is 0.305. The maximum absolute atomic E-state index is 3.81. The smallest absolute Gasteiger partial charge is 0.0174 e. The summed E-state index contributed by atoms with van der Waals surface area (Å²) in [5, 5.41) is 0. The zero-order valence-corrected chi connectivity index (χ0v) is 9.94. The van der Waals surface area contributed by atoms with Crippen molar-refractivity contribution < 1.29 is 0 Å². The Balaban J connectivity index is 2.28. The molecule has 0 N–H and O–H groups in total. The van der Waals surface area contributed by atoms with Crippen molar-refractivity contribution in [3.05, 3.63) is 0 Å². The van der Waals surface area contributed by atoms with E-state index in [9.17, 15) is 0 Å². The summed E-state index contributed by atoms with van der Waals surface area (Å²) in [6.07, 6.45) is 8.54. The van der Waals surface area contributed by atoms with Gasteiger partial charge in [-0.2, -0.15) is 0 Å². The molecule has 1 fully saturated rings. The fourth-order valence-corrected chi connectivity index (χ4v) is 2.92. The van der Waals surface area contributed by atoms with Gasteiger partial charge in [0.05, 0.1) is 0 Å². The van der Waals surface area contributed by atoms with Crippen molar-refractivity contribution in [2.24, 2.45) is 11.8 Å². The van der Waals surface area contributed by atoms with E-state index in [1.54, 1.807) is 0 Å². The average molecular weight is 233 g/mol. The maximum atomic E-state index is 3.81. The highest BCUT2D eigenvalue weighted by atomic mass is 79.9. The van der Waals surface area contributed by atoms with E-state index in [0.717, 1.165) is 16.7 Å². The second kappa shape index (κ2) is 5.26. The van der Waals surface area contributed by atoms with Gasteiger partial charge in [-0.3, -0.25) is 0 Å². The molecule has 0 radical (unpaired) electrons. The van der Waals surface area contributed by atoms with Crippen LogP contribution in [0.5, 0.6) is 0 Å². The second-order valence-corrected chi connectivity index (χ2v) is 5.49. The van der Waals surface area contributed by atoms with Gasteiger partial charge in [0.25, 0.3) is 0 Å². The van der Waals surface area contributed by atoms with Gasteiger partial charge in [0.1, 0.15) is 0 Å². The fraction of sp³-hybridized carbons (Fsp3) is 1.00. The Hall–Kier alpha value is 0.480. The molecule has 0 aliphatic heterocycles. The summed E-state index contributed by atoms with van der Waals surface area (Å²) in [6.45, 7) is 4.69. The molecule has 0 aromatic carbocycles. The van der Waals surface area contributed by atoms with Crippen LogP contribution in [0, 0.1) is 11.8 Å². The first kappa shape index (κ1) is 10.6. The highest BCUT2D eigenvalue weighted by Crippen LogP contribution is 2.34. The van der Waals surface area contributed by atoms with Crippen LogP contribution >= 0.6 is 15.9 Å². The minimum absolute atomic E-state index is 0.820. The Morgan fingerprint density at radius 2 is 2.00 bits per heavy atom. The zero-order chi connectivity index (χ0) is 8.97. The van der Waals surface area contributed by atoms with Crippen LogP contribution in [0.1, 0.15) is 52.4 Å². The normalized spacial score (nSPS) is 33.2. The second-order valence-electron chi connectivity index (χ2n) is 4.31. The Kier molecular flexibility index (Phi) is 4.63. The van der Waals surface area contributed by atoms with E-state index in [1.165, 1.54) is 38.5 Å². The van der Waals surface area contributed by atoms with Crippen LogP contribution in [0.15, 0.2) is 0 Å². The number of hydrogen-bond acceptors (Lipinski definition) is 0. The van der Waals surface area contributed by atoms with Crippen molar-refractivity contribution in [2.75, 3.05) is 0 Å². The summed E-state index contributed by atoms with van der Waals surface area (Å²) in [5.41, 5.74) is 0. The summed E-state index contributed by atoms with van der Waals surface area (Å²) < 4.78 is 0. The van der Waals surface area contributed by atoms with Gasteiger partial charge in [-0.05, 0) is 31.1 Å². The van der Waals surface area contributed by atoms with Gasteiger partial charge in [-0.15, -0.1) is 0 Å². The van der Waals surface area contributed by atoms with E-state index in [-0.39, 0.29) is 0 Å². The average Bonchev–Trinajstić information content (AvgIpc) is 2.09. The summed E-state index contributed by atoms with van der Waals surface area (Å²) in [4.78, 5) is 0.820. The third-order valence-corrected chi connectivity index (χ3v) is 4.42. The van der Waals surface area contributed by atoms with Gasteiger partial charge >= 0.3 is 0 Å². The molecule has 1 saturated carbocycles. The van der Waals surface area contributed by atoms with Crippen molar-refractivity contribution in [2.45, 2.75) is 57.2 Å². The molecular formula is C11H21Br. The molecule has 0 aromatic rings. The lowest BCUT2D eigenvalue weighted by Crippen LogP contribution is -2.21. The van der Waals surface area contributed by atoms with Crippen LogP contribution in [-0.4, -0.2) is 4.83 Å². The molecule has 1 rings (SSSR count). The molecule has 0 bridgehead atoms. The standard InChI is InChI=1S/C11H21Br/c1-3-9(2)8-10-6-4-5-7-11(10)12/h9-11H,3-8H2,1-2H3. The Morgan fingerprint density at radius 1 is 1.33 bits per heavy atom. The van der Waals surface area contributed by atoms with E-state index in [2.05, 4.69) is 29.8 Å². The Labute approximate surface area is 85.3 Å². The summed E-state index contributed by atoms with van der Waals surface area (Å²) in [6, 6.07) is 0. The molecule has 0 amide bonds. The van der Waals surface area contributed by atoms with E-state index in [0.29, 0.717) is 0 Å². The largest absolute Gasteiger partial charge is 0.0888 e. The molecule has 1 heteroatoms. The quantitative estimate of drug-likeness (QED) is 0.634. The first-order valence-electron chi connectivity index (χ1n) is 5.38. The van der Waals surface area contributed by atoms with Crippen molar-refractivity contribution in [1.82, 2.24) is 0 Å².